The molecular formula is C19H22N6O. The van der Waals surface area contributed by atoms with Crippen LogP contribution in [0.2, 0.25) is 0 Å². The standard InChI is InChI=1S/C19H22N6O/c1-14(2)25(13-20)18(21)16-9-6-10-17(22-16)24-12-11-23(19(24)26)15-7-4-3-5-8-15/h3-10,13-14,20-21H,11-12H2,1-2H3. The van der Waals surface area contributed by atoms with Crippen molar-refractivity contribution >= 4 is 29.7 Å². The summed E-state index contributed by atoms with van der Waals surface area (Å²) in [5.74, 6) is 0.660. The fraction of sp³-hybridized carbons (Fsp3) is 0.263. The molecule has 1 aromatic carbocycles. The molecule has 1 aliphatic rings. The number of pyridine rings is 1. The maximum absolute atomic E-state index is 12.8. The summed E-state index contributed by atoms with van der Waals surface area (Å²) in [6, 6.07) is 14.7. The van der Waals surface area contributed by atoms with Gasteiger partial charge in [-0.15, -0.1) is 0 Å². The molecule has 2 N–H and O–H groups in total. The summed E-state index contributed by atoms with van der Waals surface area (Å²) >= 11 is 0. The molecular weight excluding hydrogens is 328 g/mol. The van der Waals surface area contributed by atoms with Crippen LogP contribution in [0, 0.1) is 10.8 Å². The molecule has 1 saturated heterocycles. The van der Waals surface area contributed by atoms with Gasteiger partial charge in [0, 0.05) is 24.8 Å². The lowest BCUT2D eigenvalue weighted by Gasteiger charge is -2.24. The van der Waals surface area contributed by atoms with Crippen LogP contribution >= 0.6 is 0 Å². The van der Waals surface area contributed by atoms with Gasteiger partial charge in [-0.1, -0.05) is 24.3 Å². The summed E-state index contributed by atoms with van der Waals surface area (Å²) in [6.07, 6.45) is 1.12. The molecule has 26 heavy (non-hydrogen) atoms. The molecule has 1 aliphatic heterocycles. The van der Waals surface area contributed by atoms with Gasteiger partial charge in [-0.3, -0.25) is 20.6 Å². The Kier molecular flexibility index (Phi) is 4.97. The number of urea groups is 1. The van der Waals surface area contributed by atoms with E-state index in [0.717, 1.165) is 12.0 Å². The van der Waals surface area contributed by atoms with E-state index in [-0.39, 0.29) is 17.9 Å². The normalized spacial score (nSPS) is 14.0. The summed E-state index contributed by atoms with van der Waals surface area (Å²) in [4.78, 5) is 22.2. The smallest absolute Gasteiger partial charge is 0.314 e. The van der Waals surface area contributed by atoms with E-state index in [1.165, 1.54) is 4.90 Å². The first-order valence-corrected chi connectivity index (χ1v) is 8.52. The number of hydrogen-bond acceptors (Lipinski definition) is 4. The SMILES string of the molecule is CC(C)N(C=N)C(=N)c1cccc(N2CCN(c3ccccc3)C2=O)n1. The number of aromatic nitrogens is 1. The number of nitrogens with one attached hydrogen (secondary N) is 2. The van der Waals surface area contributed by atoms with Crippen molar-refractivity contribution in [1.29, 1.82) is 10.8 Å². The van der Waals surface area contributed by atoms with Crippen LogP contribution in [0.4, 0.5) is 16.3 Å². The molecule has 1 aromatic heterocycles. The molecule has 2 heterocycles. The first-order chi connectivity index (χ1) is 12.5. The molecule has 1 fully saturated rings. The number of anilines is 2. The number of amidine groups is 1. The van der Waals surface area contributed by atoms with E-state index < -0.39 is 0 Å². The van der Waals surface area contributed by atoms with E-state index in [1.54, 1.807) is 28.0 Å². The zero-order chi connectivity index (χ0) is 18.7. The topological polar surface area (TPSA) is 87.4 Å². The summed E-state index contributed by atoms with van der Waals surface area (Å²) < 4.78 is 0. The summed E-state index contributed by atoms with van der Waals surface area (Å²) in [7, 11) is 0. The molecule has 0 atom stereocenters. The van der Waals surface area contributed by atoms with Crippen LogP contribution < -0.4 is 9.80 Å². The number of para-hydroxylation sites is 1. The minimum atomic E-state index is -0.125. The third-order valence-corrected chi connectivity index (χ3v) is 4.28. The second-order valence-electron chi connectivity index (χ2n) is 6.28. The summed E-state index contributed by atoms with van der Waals surface area (Å²) in [5, 5.41) is 15.8. The molecule has 7 nitrogen and oxygen atoms in total. The molecule has 0 unspecified atom stereocenters. The van der Waals surface area contributed by atoms with Gasteiger partial charge >= 0.3 is 6.03 Å². The predicted octanol–water partition coefficient (Wildman–Crippen LogP) is 3.17. The first-order valence-electron chi connectivity index (χ1n) is 8.52. The Bertz CT molecular complexity index is 820. The Morgan fingerprint density at radius 2 is 1.81 bits per heavy atom. The highest BCUT2D eigenvalue weighted by molar-refractivity contribution is 6.06. The highest BCUT2D eigenvalue weighted by atomic mass is 16.2. The first kappa shape index (κ1) is 17.6. The van der Waals surface area contributed by atoms with Gasteiger partial charge < -0.3 is 4.90 Å². The summed E-state index contributed by atoms with van der Waals surface area (Å²) in [5.41, 5.74) is 1.30. The Morgan fingerprint density at radius 3 is 2.46 bits per heavy atom. The van der Waals surface area contributed by atoms with Gasteiger partial charge in [-0.25, -0.2) is 9.78 Å². The number of carbonyl (C=O) groups is 1. The molecule has 134 valence electrons. The molecule has 0 spiro atoms. The highest BCUT2D eigenvalue weighted by Gasteiger charge is 2.31. The fourth-order valence-corrected chi connectivity index (χ4v) is 2.91. The monoisotopic (exact) mass is 350 g/mol. The number of nitrogens with zero attached hydrogens (tertiary/aromatic N) is 4. The van der Waals surface area contributed by atoms with Crippen molar-refractivity contribution in [2.24, 2.45) is 0 Å². The van der Waals surface area contributed by atoms with Crippen molar-refractivity contribution in [3.05, 3.63) is 54.2 Å². The lowest BCUT2D eigenvalue weighted by molar-refractivity contribution is 0.255. The number of amides is 2. The minimum absolute atomic E-state index is 0.0209. The van der Waals surface area contributed by atoms with Crippen LogP contribution in [0.5, 0.6) is 0 Å². The Balaban J connectivity index is 1.84. The van der Waals surface area contributed by atoms with Crippen molar-refractivity contribution in [2.45, 2.75) is 19.9 Å². The maximum atomic E-state index is 12.8. The average molecular weight is 350 g/mol. The van der Waals surface area contributed by atoms with Gasteiger partial charge in [-0.05, 0) is 38.1 Å². The lowest BCUT2D eigenvalue weighted by Crippen LogP contribution is -2.36. The minimum Gasteiger partial charge on any atom is -0.314 e. The van der Waals surface area contributed by atoms with Crippen LogP contribution in [0.25, 0.3) is 0 Å². The van der Waals surface area contributed by atoms with Gasteiger partial charge in [0.25, 0.3) is 0 Å². The van der Waals surface area contributed by atoms with Crippen molar-refractivity contribution < 1.29 is 4.79 Å². The Hall–Kier alpha value is -3.22. The van der Waals surface area contributed by atoms with Crippen molar-refractivity contribution in [3.8, 4) is 0 Å². The van der Waals surface area contributed by atoms with Crippen LogP contribution in [-0.2, 0) is 0 Å². The van der Waals surface area contributed by atoms with Crippen molar-refractivity contribution in [2.75, 3.05) is 22.9 Å². The van der Waals surface area contributed by atoms with Crippen molar-refractivity contribution in [3.63, 3.8) is 0 Å². The fourth-order valence-electron chi connectivity index (χ4n) is 2.91. The quantitative estimate of drug-likeness (QED) is 0.641. The average Bonchev–Trinajstić information content (AvgIpc) is 3.04. The second-order valence-corrected chi connectivity index (χ2v) is 6.28. The third-order valence-electron chi connectivity index (χ3n) is 4.28. The molecule has 3 rings (SSSR count). The second kappa shape index (κ2) is 7.35. The Labute approximate surface area is 152 Å². The lowest BCUT2D eigenvalue weighted by atomic mass is 10.2. The zero-order valence-corrected chi connectivity index (χ0v) is 14.9. The molecule has 0 radical (unpaired) electrons. The maximum Gasteiger partial charge on any atom is 0.330 e. The molecule has 0 bridgehead atoms. The molecule has 0 aliphatic carbocycles. The van der Waals surface area contributed by atoms with Gasteiger partial charge in [0.15, 0.2) is 5.84 Å². The third kappa shape index (κ3) is 3.28. The Morgan fingerprint density at radius 1 is 1.12 bits per heavy atom. The molecule has 2 amide bonds. The van der Waals surface area contributed by atoms with Gasteiger partial charge in [-0.2, -0.15) is 0 Å². The van der Waals surface area contributed by atoms with Crippen LogP contribution in [-0.4, -0.2) is 47.2 Å². The zero-order valence-electron chi connectivity index (χ0n) is 14.9. The molecule has 7 heteroatoms. The van der Waals surface area contributed by atoms with E-state index in [2.05, 4.69) is 4.98 Å². The van der Waals surface area contributed by atoms with E-state index in [0.29, 0.717) is 24.6 Å². The number of hydrogen-bond donors (Lipinski definition) is 2. The largest absolute Gasteiger partial charge is 0.330 e. The van der Waals surface area contributed by atoms with E-state index >= 15 is 0 Å². The van der Waals surface area contributed by atoms with Crippen LogP contribution in [0.15, 0.2) is 48.5 Å². The van der Waals surface area contributed by atoms with Crippen LogP contribution in [0.1, 0.15) is 19.5 Å². The van der Waals surface area contributed by atoms with Gasteiger partial charge in [0.2, 0.25) is 0 Å². The number of rotatable bonds is 5. The number of carbonyl (C=O) groups excluding carboxylic acids is 1. The van der Waals surface area contributed by atoms with Crippen molar-refractivity contribution in [1.82, 2.24) is 9.88 Å². The molecule has 2 aromatic rings. The highest BCUT2D eigenvalue weighted by Crippen LogP contribution is 2.24. The summed E-state index contributed by atoms with van der Waals surface area (Å²) in [6.45, 7) is 4.94. The van der Waals surface area contributed by atoms with Gasteiger partial charge in [0.1, 0.15) is 11.5 Å². The number of benzene rings is 1. The van der Waals surface area contributed by atoms with E-state index in [9.17, 15) is 4.79 Å². The predicted molar refractivity (Wildman–Crippen MR) is 103 cm³/mol. The van der Waals surface area contributed by atoms with E-state index in [1.807, 2.05) is 44.2 Å². The van der Waals surface area contributed by atoms with E-state index in [4.69, 9.17) is 10.8 Å². The van der Waals surface area contributed by atoms with Gasteiger partial charge in [0.05, 0.1) is 6.34 Å². The van der Waals surface area contributed by atoms with Crippen LogP contribution in [0.3, 0.4) is 0 Å². The molecule has 0 saturated carbocycles.